The first-order valence-electron chi connectivity index (χ1n) is 8.55. The fourth-order valence-corrected chi connectivity index (χ4v) is 3.28. The van der Waals surface area contributed by atoms with E-state index in [1.165, 1.54) is 29.7 Å². The van der Waals surface area contributed by atoms with Gasteiger partial charge in [-0.15, -0.1) is 11.3 Å². The van der Waals surface area contributed by atoms with Crippen molar-refractivity contribution in [2.24, 2.45) is 16.0 Å². The van der Waals surface area contributed by atoms with Crippen molar-refractivity contribution in [3.8, 4) is 17.2 Å². The summed E-state index contributed by atoms with van der Waals surface area (Å²) in [4.78, 5) is 5.55. The number of phenolic OH excluding ortho intramolecular Hbond substituents is 3. The molecule has 6 nitrogen and oxygen atoms in total. The summed E-state index contributed by atoms with van der Waals surface area (Å²) in [5.74, 6) is -0.931. The van der Waals surface area contributed by atoms with Gasteiger partial charge >= 0.3 is 0 Å². The molecule has 1 atom stereocenters. The van der Waals surface area contributed by atoms with Gasteiger partial charge in [-0.3, -0.25) is 4.99 Å². The van der Waals surface area contributed by atoms with Crippen LogP contribution in [0.25, 0.3) is 0 Å². The summed E-state index contributed by atoms with van der Waals surface area (Å²) in [6.07, 6.45) is 1.45. The Bertz CT molecular complexity index is 873. The van der Waals surface area contributed by atoms with Crippen LogP contribution in [-0.4, -0.2) is 32.3 Å². The molecule has 1 aromatic carbocycles. The molecule has 7 heteroatoms. The molecular weight excluding hydrogens is 350 g/mol. The minimum Gasteiger partial charge on any atom is -0.504 e. The molecule has 0 aliphatic rings. The third-order valence-electron chi connectivity index (χ3n) is 4.21. The highest BCUT2D eigenvalue weighted by atomic mass is 32.1. The van der Waals surface area contributed by atoms with E-state index in [1.807, 2.05) is 5.38 Å². The number of hydrogen-bond acceptors (Lipinski definition) is 6. The number of benzene rings is 1. The van der Waals surface area contributed by atoms with Gasteiger partial charge in [-0.05, 0) is 25.0 Å². The van der Waals surface area contributed by atoms with Gasteiger partial charge in [0.15, 0.2) is 11.5 Å². The van der Waals surface area contributed by atoms with Crippen LogP contribution in [-0.2, 0) is 5.41 Å². The minimum absolute atomic E-state index is 0.137. The predicted octanol–water partition coefficient (Wildman–Crippen LogP) is 3.79. The summed E-state index contributed by atoms with van der Waals surface area (Å²) in [6.45, 7) is 12.6. The van der Waals surface area contributed by atoms with Gasteiger partial charge in [0.2, 0.25) is 10.6 Å². The van der Waals surface area contributed by atoms with Crippen LogP contribution in [0, 0.1) is 5.92 Å². The molecule has 0 radical (unpaired) electrons. The van der Waals surface area contributed by atoms with Crippen LogP contribution >= 0.6 is 11.3 Å². The molecule has 0 saturated heterocycles. The molecule has 0 spiro atoms. The first-order valence-corrected chi connectivity index (χ1v) is 9.43. The number of aromatic hydroxyl groups is 3. The zero-order valence-corrected chi connectivity index (χ0v) is 16.9. The second kappa shape index (κ2) is 7.53. The number of aromatic nitrogens is 1. The smallest absolute Gasteiger partial charge is 0.206 e. The number of hydrogen-bond donors (Lipinski definition) is 3. The first-order chi connectivity index (χ1) is 12.0. The van der Waals surface area contributed by atoms with Crippen molar-refractivity contribution in [2.75, 3.05) is 0 Å². The summed E-state index contributed by atoms with van der Waals surface area (Å²) < 4.78 is 1.77. The predicted molar refractivity (Wildman–Crippen MR) is 105 cm³/mol. The van der Waals surface area contributed by atoms with Crippen LogP contribution in [0.2, 0.25) is 0 Å². The number of rotatable bonds is 4. The molecule has 1 unspecified atom stereocenters. The Morgan fingerprint density at radius 1 is 1.08 bits per heavy atom. The second-order valence-electron chi connectivity index (χ2n) is 7.69. The lowest BCUT2D eigenvalue weighted by Gasteiger charge is -2.18. The van der Waals surface area contributed by atoms with Crippen LogP contribution in [0.4, 0.5) is 0 Å². The van der Waals surface area contributed by atoms with Gasteiger partial charge in [0, 0.05) is 16.4 Å². The largest absolute Gasteiger partial charge is 0.504 e. The van der Waals surface area contributed by atoms with E-state index in [0.29, 0.717) is 11.5 Å². The first kappa shape index (κ1) is 20.0. The van der Waals surface area contributed by atoms with Crippen molar-refractivity contribution >= 4 is 17.6 Å². The zero-order chi connectivity index (χ0) is 19.6. The average Bonchev–Trinajstić information content (AvgIpc) is 2.94. The average molecular weight is 378 g/mol. The minimum atomic E-state index is -0.557. The fraction of sp³-hybridized carbons (Fsp3) is 0.474. The molecule has 142 valence electrons. The quantitative estimate of drug-likeness (QED) is 0.559. The van der Waals surface area contributed by atoms with Crippen LogP contribution in [0.1, 0.15) is 52.8 Å². The lowest BCUT2D eigenvalue weighted by molar-refractivity contribution is 0.367. The molecular formula is C19H27N3O3S. The van der Waals surface area contributed by atoms with Gasteiger partial charge in [0.25, 0.3) is 0 Å². The summed E-state index contributed by atoms with van der Waals surface area (Å²) >= 11 is 1.52. The van der Waals surface area contributed by atoms with E-state index in [9.17, 15) is 15.3 Å². The number of nitrogens with zero attached hydrogens (tertiary/aromatic N) is 3. The fourth-order valence-electron chi connectivity index (χ4n) is 2.13. The highest BCUT2D eigenvalue weighted by Crippen LogP contribution is 2.36. The van der Waals surface area contributed by atoms with Crippen LogP contribution in [0.3, 0.4) is 0 Å². The van der Waals surface area contributed by atoms with Gasteiger partial charge in [0.05, 0.1) is 18.0 Å². The maximum Gasteiger partial charge on any atom is 0.206 e. The van der Waals surface area contributed by atoms with Crippen molar-refractivity contribution in [2.45, 2.75) is 53.0 Å². The van der Waals surface area contributed by atoms with Gasteiger partial charge < -0.3 is 15.3 Å². The van der Waals surface area contributed by atoms with Crippen LogP contribution in [0.15, 0.2) is 27.6 Å². The maximum atomic E-state index is 9.99. The summed E-state index contributed by atoms with van der Waals surface area (Å²) in [7, 11) is 0. The van der Waals surface area contributed by atoms with Gasteiger partial charge in [-0.2, -0.15) is 5.10 Å². The summed E-state index contributed by atoms with van der Waals surface area (Å²) in [5, 5.41) is 35.7. The highest BCUT2D eigenvalue weighted by Gasteiger charge is 2.20. The highest BCUT2D eigenvalue weighted by molar-refractivity contribution is 7.07. The molecule has 26 heavy (non-hydrogen) atoms. The van der Waals surface area contributed by atoms with Crippen molar-refractivity contribution in [3.63, 3.8) is 0 Å². The Morgan fingerprint density at radius 3 is 2.31 bits per heavy atom. The van der Waals surface area contributed by atoms with Gasteiger partial charge in [-0.25, -0.2) is 4.68 Å². The Kier molecular flexibility index (Phi) is 5.81. The molecule has 2 aromatic rings. The van der Waals surface area contributed by atoms with E-state index < -0.39 is 11.5 Å². The molecule has 0 bridgehead atoms. The topological polar surface area (TPSA) is 90.3 Å². The standard InChI is InChI=1S/C19H27N3O3S/c1-11(2)12(3)21-18-22(15(10-26-18)19(4,5)6)20-9-13-7-8-14(23)17(25)16(13)24/h7-12,23-25H,1-6H3/b20-9+,21-18-. The van der Waals surface area contributed by atoms with E-state index >= 15 is 0 Å². The molecule has 0 saturated carbocycles. The lowest BCUT2D eigenvalue weighted by Crippen LogP contribution is -2.24. The van der Waals surface area contributed by atoms with Gasteiger partial charge in [-0.1, -0.05) is 34.6 Å². The second-order valence-corrected chi connectivity index (χ2v) is 8.53. The van der Waals surface area contributed by atoms with E-state index in [0.717, 1.165) is 10.5 Å². The molecule has 0 aliphatic carbocycles. The Balaban J connectivity index is 2.57. The molecule has 3 N–H and O–H groups in total. The third kappa shape index (κ3) is 4.27. The van der Waals surface area contributed by atoms with Crippen molar-refractivity contribution in [3.05, 3.63) is 33.6 Å². The normalized spacial score (nSPS) is 14.5. The monoisotopic (exact) mass is 377 g/mol. The number of thiazole rings is 1. The number of phenols is 3. The van der Waals surface area contributed by atoms with Gasteiger partial charge in [0.1, 0.15) is 0 Å². The lowest BCUT2D eigenvalue weighted by atomic mass is 9.93. The van der Waals surface area contributed by atoms with Crippen molar-refractivity contribution in [1.82, 2.24) is 4.68 Å². The molecule has 1 aromatic heterocycles. The van der Waals surface area contributed by atoms with Crippen LogP contribution in [0.5, 0.6) is 17.2 Å². The Hall–Kier alpha value is -2.28. The van der Waals surface area contributed by atoms with Crippen molar-refractivity contribution in [1.29, 1.82) is 0 Å². The van der Waals surface area contributed by atoms with Crippen LogP contribution < -0.4 is 4.80 Å². The van der Waals surface area contributed by atoms with Crippen molar-refractivity contribution < 1.29 is 15.3 Å². The molecule has 0 fully saturated rings. The van der Waals surface area contributed by atoms with E-state index in [-0.39, 0.29) is 17.2 Å². The molecule has 1 heterocycles. The molecule has 0 aliphatic heterocycles. The van der Waals surface area contributed by atoms with E-state index in [4.69, 9.17) is 4.99 Å². The Morgan fingerprint density at radius 2 is 1.73 bits per heavy atom. The molecule has 2 rings (SSSR count). The third-order valence-corrected chi connectivity index (χ3v) is 5.04. The maximum absolute atomic E-state index is 9.99. The van der Waals surface area contributed by atoms with E-state index in [2.05, 4.69) is 46.6 Å². The van der Waals surface area contributed by atoms with E-state index in [1.54, 1.807) is 4.68 Å². The molecule has 0 amide bonds. The Labute approximate surface area is 157 Å². The SMILES string of the molecule is CC(C)C(C)/N=c1\scc(C(C)(C)C)n1/N=C/c1ccc(O)c(O)c1O. The zero-order valence-electron chi connectivity index (χ0n) is 16.1. The summed E-state index contributed by atoms with van der Waals surface area (Å²) in [5.41, 5.74) is 1.17. The summed E-state index contributed by atoms with van der Waals surface area (Å²) in [6, 6.07) is 2.95.